The minimum absolute atomic E-state index is 0.223. The highest BCUT2D eigenvalue weighted by Gasteiger charge is 2.47. The molecule has 2 aromatic carbocycles. The van der Waals surface area contributed by atoms with Gasteiger partial charge in [-0.1, -0.05) is 26.0 Å². The van der Waals surface area contributed by atoms with Crippen LogP contribution in [0.3, 0.4) is 0 Å². The molecule has 0 bridgehead atoms. The summed E-state index contributed by atoms with van der Waals surface area (Å²) in [4.78, 5) is 0. The highest BCUT2D eigenvalue weighted by Crippen LogP contribution is 2.50. The van der Waals surface area contributed by atoms with Crippen LogP contribution in [0.1, 0.15) is 60.1 Å². The molecule has 6 heteroatoms. The number of epoxide rings is 4. The monoisotopic (exact) mass is 478 g/mol. The number of rotatable bonds is 12. The molecule has 4 unspecified atom stereocenters. The smallest absolute Gasteiger partial charge is 0.0851 e. The van der Waals surface area contributed by atoms with E-state index >= 15 is 0 Å². The molecule has 0 radical (unpaired) electrons. The van der Waals surface area contributed by atoms with Crippen molar-refractivity contribution in [3.8, 4) is 0 Å². The molecule has 4 saturated heterocycles. The van der Waals surface area contributed by atoms with Crippen molar-refractivity contribution in [2.75, 3.05) is 37.9 Å². The lowest BCUT2D eigenvalue weighted by molar-refractivity contribution is 0.297. The van der Waals surface area contributed by atoms with Gasteiger partial charge in [-0.3, -0.25) is 0 Å². The maximum atomic E-state index is 6.89. The molecule has 0 aromatic heterocycles. The van der Waals surface area contributed by atoms with Crippen LogP contribution in [0.15, 0.2) is 24.3 Å². The van der Waals surface area contributed by atoms with Crippen LogP contribution in [0.4, 0.5) is 11.4 Å². The van der Waals surface area contributed by atoms with Gasteiger partial charge in [0.25, 0.3) is 0 Å². The summed E-state index contributed by atoms with van der Waals surface area (Å²) in [5.74, 6) is 0. The zero-order valence-electron chi connectivity index (χ0n) is 21.0. The third-order valence-corrected chi connectivity index (χ3v) is 8.22. The molecule has 4 aliphatic heterocycles. The fourth-order valence-corrected chi connectivity index (χ4v) is 6.13. The molecule has 0 aliphatic carbocycles. The van der Waals surface area contributed by atoms with Crippen molar-refractivity contribution in [3.05, 3.63) is 57.6 Å². The largest absolute Gasteiger partial charge is 0.399 e. The normalized spacial score (nSPS) is 27.9. The highest BCUT2D eigenvalue weighted by atomic mass is 16.6. The predicted molar refractivity (Wildman–Crippen MR) is 137 cm³/mol. The molecule has 6 nitrogen and oxygen atoms in total. The van der Waals surface area contributed by atoms with E-state index in [0.717, 1.165) is 76.3 Å². The van der Waals surface area contributed by atoms with E-state index in [0.29, 0.717) is 0 Å². The molecule has 4 atom stereocenters. The molecule has 4 N–H and O–H groups in total. The molecule has 4 heterocycles. The molecule has 0 spiro atoms. The van der Waals surface area contributed by atoms with Crippen LogP contribution >= 0.6 is 0 Å². The Kier molecular flexibility index (Phi) is 6.04. The standard InChI is InChI=1S/C29H38N2O4/c1-3-17-7-19(30)5-6-26(17)29(11-22-15-34-22,12-23-16-35-23)27-9-18(8-20-13-32-20)28(31)25(24(27)4-2)10-21-14-33-21/h5-7,9,20-23H,3-4,8,10-16,30-31H2,1-2H3. The van der Waals surface area contributed by atoms with Crippen LogP contribution in [0, 0.1) is 0 Å². The Morgan fingerprint density at radius 2 is 1.31 bits per heavy atom. The number of aryl methyl sites for hydroxylation is 1. The van der Waals surface area contributed by atoms with Gasteiger partial charge in [0.2, 0.25) is 0 Å². The predicted octanol–water partition coefficient (Wildman–Crippen LogP) is 3.72. The van der Waals surface area contributed by atoms with Crippen molar-refractivity contribution in [3.63, 3.8) is 0 Å². The highest BCUT2D eigenvalue weighted by molar-refractivity contribution is 5.64. The van der Waals surface area contributed by atoms with Gasteiger partial charge in [0.05, 0.1) is 50.8 Å². The first-order valence-electron chi connectivity index (χ1n) is 13.3. The van der Waals surface area contributed by atoms with Gasteiger partial charge in [0.1, 0.15) is 0 Å². The van der Waals surface area contributed by atoms with E-state index in [-0.39, 0.29) is 29.8 Å². The Morgan fingerprint density at radius 3 is 1.86 bits per heavy atom. The number of hydrogen-bond donors (Lipinski definition) is 2. The number of anilines is 2. The zero-order valence-corrected chi connectivity index (χ0v) is 21.0. The van der Waals surface area contributed by atoms with Gasteiger partial charge in [-0.2, -0.15) is 0 Å². The first kappa shape index (κ1) is 23.3. The second kappa shape index (κ2) is 9.07. The molecule has 6 rings (SSSR count). The summed E-state index contributed by atoms with van der Waals surface area (Å²) >= 11 is 0. The van der Waals surface area contributed by atoms with Crippen molar-refractivity contribution in [1.82, 2.24) is 0 Å². The minimum Gasteiger partial charge on any atom is -0.399 e. The minimum atomic E-state index is -0.223. The van der Waals surface area contributed by atoms with Crippen LogP contribution < -0.4 is 11.5 Å². The van der Waals surface area contributed by atoms with Crippen LogP contribution in [-0.2, 0) is 50.0 Å². The van der Waals surface area contributed by atoms with Crippen LogP contribution in [0.2, 0.25) is 0 Å². The molecule has 0 amide bonds. The van der Waals surface area contributed by atoms with Crippen LogP contribution in [-0.4, -0.2) is 50.8 Å². The van der Waals surface area contributed by atoms with Gasteiger partial charge in [-0.15, -0.1) is 0 Å². The summed E-state index contributed by atoms with van der Waals surface area (Å²) < 4.78 is 23.1. The maximum absolute atomic E-state index is 6.89. The second-order valence-corrected chi connectivity index (χ2v) is 10.8. The topological polar surface area (TPSA) is 102 Å². The van der Waals surface area contributed by atoms with E-state index in [1.807, 2.05) is 0 Å². The quantitative estimate of drug-likeness (QED) is 0.356. The van der Waals surface area contributed by atoms with Gasteiger partial charge in [0, 0.05) is 29.6 Å². The lowest BCUT2D eigenvalue weighted by Gasteiger charge is -2.39. The Labute approximate surface area is 208 Å². The number of benzene rings is 2. The van der Waals surface area contributed by atoms with Gasteiger partial charge < -0.3 is 30.4 Å². The lowest BCUT2D eigenvalue weighted by atomic mass is 9.64. The van der Waals surface area contributed by atoms with Crippen molar-refractivity contribution in [2.45, 2.75) is 82.2 Å². The molecular weight excluding hydrogens is 440 g/mol. The second-order valence-electron chi connectivity index (χ2n) is 10.8. The Bertz CT molecular complexity index is 1090. The van der Waals surface area contributed by atoms with E-state index in [9.17, 15) is 0 Å². The summed E-state index contributed by atoms with van der Waals surface area (Å²) in [6, 6.07) is 8.90. The number of hydrogen-bond acceptors (Lipinski definition) is 6. The SMILES string of the molecule is CCc1cc(N)ccc1C(CC1CO1)(CC1CO1)c1cc(CC2CO2)c(N)c(CC2CO2)c1CC. The van der Waals surface area contributed by atoms with Gasteiger partial charge in [-0.05, 0) is 71.2 Å². The van der Waals surface area contributed by atoms with E-state index in [4.69, 9.17) is 30.4 Å². The Hall–Kier alpha value is -2.12. The first-order valence-corrected chi connectivity index (χ1v) is 13.3. The number of nitrogens with two attached hydrogens (primary N) is 2. The summed E-state index contributed by atoms with van der Waals surface area (Å²) in [6.45, 7) is 7.77. The van der Waals surface area contributed by atoms with Crippen molar-refractivity contribution in [1.29, 1.82) is 0 Å². The van der Waals surface area contributed by atoms with E-state index in [1.54, 1.807) is 0 Å². The van der Waals surface area contributed by atoms with Crippen molar-refractivity contribution in [2.24, 2.45) is 0 Å². The third-order valence-electron chi connectivity index (χ3n) is 8.22. The fourth-order valence-electron chi connectivity index (χ4n) is 6.13. The van der Waals surface area contributed by atoms with Gasteiger partial charge >= 0.3 is 0 Å². The average molecular weight is 479 g/mol. The first-order chi connectivity index (χ1) is 17.0. The number of nitrogen functional groups attached to an aromatic ring is 2. The molecule has 35 heavy (non-hydrogen) atoms. The van der Waals surface area contributed by atoms with E-state index in [1.165, 1.54) is 33.4 Å². The van der Waals surface area contributed by atoms with Crippen LogP contribution in [0.25, 0.3) is 0 Å². The Balaban J connectivity index is 1.59. The molecule has 0 saturated carbocycles. The molecule has 4 fully saturated rings. The number of ether oxygens (including phenoxy) is 4. The molecular formula is C29H38N2O4. The summed E-state index contributed by atoms with van der Waals surface area (Å²) in [5, 5.41) is 0. The molecule has 4 aliphatic rings. The van der Waals surface area contributed by atoms with Crippen molar-refractivity contribution >= 4 is 11.4 Å². The van der Waals surface area contributed by atoms with Gasteiger partial charge in [0.15, 0.2) is 0 Å². The average Bonchev–Trinajstić information content (AvgIpc) is 3.68. The van der Waals surface area contributed by atoms with Gasteiger partial charge in [-0.25, -0.2) is 0 Å². The third kappa shape index (κ3) is 4.82. The maximum Gasteiger partial charge on any atom is 0.0851 e. The van der Waals surface area contributed by atoms with Crippen LogP contribution in [0.5, 0.6) is 0 Å². The summed E-state index contributed by atoms with van der Waals surface area (Å²) in [5.41, 5.74) is 22.6. The van der Waals surface area contributed by atoms with Crippen molar-refractivity contribution < 1.29 is 18.9 Å². The summed E-state index contributed by atoms with van der Waals surface area (Å²) in [6.07, 6.45) is 6.57. The van der Waals surface area contributed by atoms with E-state index < -0.39 is 0 Å². The van der Waals surface area contributed by atoms with E-state index in [2.05, 4.69) is 38.1 Å². The fraction of sp³-hybridized carbons (Fsp3) is 0.586. The molecule has 2 aromatic rings. The summed E-state index contributed by atoms with van der Waals surface area (Å²) in [7, 11) is 0. The Morgan fingerprint density at radius 1 is 0.714 bits per heavy atom. The molecule has 188 valence electrons. The lowest BCUT2D eigenvalue weighted by Crippen LogP contribution is -2.35. The zero-order chi connectivity index (χ0) is 24.2.